The number of carbonyl (C=O) groups excluding carboxylic acids is 3. The Bertz CT molecular complexity index is 857. The van der Waals surface area contributed by atoms with Gasteiger partial charge in [0.1, 0.15) is 17.8 Å². The molecule has 3 aliphatic heterocycles. The highest BCUT2D eigenvalue weighted by atomic mass is 16.5. The number of esters is 1. The summed E-state index contributed by atoms with van der Waals surface area (Å²) in [5, 5.41) is 15.0. The quantitative estimate of drug-likeness (QED) is 0.280. The van der Waals surface area contributed by atoms with Crippen LogP contribution in [0.3, 0.4) is 0 Å². The third-order valence-electron chi connectivity index (χ3n) is 5.05. The molecule has 30 heavy (non-hydrogen) atoms. The highest BCUT2D eigenvalue weighted by Gasteiger charge is 2.40. The van der Waals surface area contributed by atoms with Gasteiger partial charge in [-0.1, -0.05) is 19.8 Å². The fourth-order valence-corrected chi connectivity index (χ4v) is 3.63. The van der Waals surface area contributed by atoms with Crippen molar-refractivity contribution in [2.75, 3.05) is 13.7 Å². The Morgan fingerprint density at radius 3 is 2.83 bits per heavy atom. The number of rotatable bonds is 8. The highest BCUT2D eigenvalue weighted by Crippen LogP contribution is 2.31. The lowest BCUT2D eigenvalue weighted by atomic mass is 9.97. The predicted molar refractivity (Wildman–Crippen MR) is 110 cm³/mol. The lowest BCUT2D eigenvalue weighted by Crippen LogP contribution is -2.36. The summed E-state index contributed by atoms with van der Waals surface area (Å²) < 4.78 is 4.81. The number of unbranched alkanes of at least 4 members (excludes halogenated alkanes) is 2. The maximum atomic E-state index is 12.7. The average molecular weight is 416 g/mol. The number of hydrogen-bond acceptors (Lipinski definition) is 8. The first-order chi connectivity index (χ1) is 14.4. The third kappa shape index (κ3) is 4.64. The van der Waals surface area contributed by atoms with Gasteiger partial charge in [-0.15, -0.1) is 0 Å². The van der Waals surface area contributed by atoms with Crippen molar-refractivity contribution in [3.05, 3.63) is 34.6 Å². The Kier molecular flexibility index (Phi) is 6.76. The minimum Gasteiger partial charge on any atom is -0.466 e. The summed E-state index contributed by atoms with van der Waals surface area (Å²) in [4.78, 5) is 40.5. The van der Waals surface area contributed by atoms with E-state index >= 15 is 0 Å². The second-order valence-corrected chi connectivity index (χ2v) is 7.30. The molecule has 162 valence electrons. The molecule has 3 heterocycles. The van der Waals surface area contributed by atoms with E-state index in [9.17, 15) is 14.4 Å². The minimum atomic E-state index is -0.563. The van der Waals surface area contributed by atoms with Crippen LogP contribution in [0.25, 0.3) is 0 Å². The second kappa shape index (κ2) is 9.47. The Balaban J connectivity index is 1.82. The number of nitrogens with one attached hydrogen (secondary N) is 5. The fraction of sp³-hybridized carbons (Fsp3) is 0.500. The van der Waals surface area contributed by atoms with Crippen LogP contribution in [0.2, 0.25) is 0 Å². The van der Waals surface area contributed by atoms with E-state index in [0.717, 1.165) is 37.2 Å². The van der Waals surface area contributed by atoms with Crippen molar-refractivity contribution in [1.29, 1.82) is 0 Å². The topological polar surface area (TPSA) is 133 Å². The molecule has 10 heteroatoms. The Morgan fingerprint density at radius 1 is 1.33 bits per heavy atom. The molecule has 0 saturated carbocycles. The van der Waals surface area contributed by atoms with Crippen LogP contribution in [-0.2, 0) is 19.1 Å². The van der Waals surface area contributed by atoms with Crippen LogP contribution in [-0.4, -0.2) is 43.9 Å². The molecule has 5 N–H and O–H groups in total. The Morgan fingerprint density at radius 2 is 2.13 bits per heavy atom. The molecule has 2 atom stereocenters. The summed E-state index contributed by atoms with van der Waals surface area (Å²) in [5.41, 5.74) is 1.74. The number of aliphatic imine (C=N–C) groups is 1. The molecule has 2 unspecified atom stereocenters. The molecule has 0 spiro atoms. The number of allylic oxidation sites excluding steroid dienone is 1. The van der Waals surface area contributed by atoms with E-state index in [4.69, 9.17) is 4.74 Å². The van der Waals surface area contributed by atoms with Gasteiger partial charge in [-0.2, -0.15) is 0 Å². The minimum absolute atomic E-state index is 0.175. The van der Waals surface area contributed by atoms with Gasteiger partial charge in [-0.25, -0.2) is 9.79 Å². The van der Waals surface area contributed by atoms with E-state index in [1.165, 1.54) is 14.0 Å². The van der Waals surface area contributed by atoms with Gasteiger partial charge >= 0.3 is 5.97 Å². The third-order valence-corrected chi connectivity index (χ3v) is 5.05. The molecule has 10 nitrogen and oxygen atoms in total. The summed E-state index contributed by atoms with van der Waals surface area (Å²) in [7, 11) is 1.28. The molecule has 2 amide bonds. The van der Waals surface area contributed by atoms with Crippen LogP contribution in [0.5, 0.6) is 0 Å². The lowest BCUT2D eigenvalue weighted by Gasteiger charge is -2.22. The molecule has 1 saturated heterocycles. The van der Waals surface area contributed by atoms with Crippen molar-refractivity contribution < 1.29 is 19.1 Å². The molecule has 0 aromatic carbocycles. The maximum absolute atomic E-state index is 12.7. The smallest absolute Gasteiger partial charge is 0.337 e. The number of hydrogen-bond donors (Lipinski definition) is 5. The van der Waals surface area contributed by atoms with Gasteiger partial charge in [0.25, 0.3) is 0 Å². The number of fused-ring (bicyclic) bond motifs is 1. The summed E-state index contributed by atoms with van der Waals surface area (Å²) in [6.45, 7) is 4.29. The lowest BCUT2D eigenvalue weighted by molar-refractivity contribution is -0.136. The summed E-state index contributed by atoms with van der Waals surface area (Å²) in [6, 6.07) is 0. The van der Waals surface area contributed by atoms with Crippen LogP contribution in [0, 0.1) is 5.92 Å². The van der Waals surface area contributed by atoms with Gasteiger partial charge in [0.15, 0.2) is 0 Å². The molecular weight excluding hydrogens is 388 g/mol. The van der Waals surface area contributed by atoms with Gasteiger partial charge in [-0.3, -0.25) is 9.59 Å². The van der Waals surface area contributed by atoms with Crippen molar-refractivity contribution >= 4 is 24.1 Å². The van der Waals surface area contributed by atoms with Crippen molar-refractivity contribution in [2.24, 2.45) is 10.9 Å². The van der Waals surface area contributed by atoms with E-state index in [1.54, 1.807) is 12.4 Å². The van der Waals surface area contributed by atoms with Crippen molar-refractivity contribution in [1.82, 2.24) is 26.6 Å². The van der Waals surface area contributed by atoms with Gasteiger partial charge in [-0.05, 0) is 12.5 Å². The molecule has 0 bridgehead atoms. The highest BCUT2D eigenvalue weighted by molar-refractivity contribution is 5.92. The molecule has 0 radical (unpaired) electrons. The zero-order chi connectivity index (χ0) is 21.7. The number of methoxy groups -OCH3 is 1. The van der Waals surface area contributed by atoms with Gasteiger partial charge in [0, 0.05) is 31.2 Å². The van der Waals surface area contributed by atoms with Crippen LogP contribution < -0.4 is 26.6 Å². The number of amides is 2. The predicted octanol–water partition coefficient (Wildman–Crippen LogP) is 0.0793. The van der Waals surface area contributed by atoms with Crippen LogP contribution in [0.1, 0.15) is 39.5 Å². The monoisotopic (exact) mass is 416 g/mol. The summed E-state index contributed by atoms with van der Waals surface area (Å²) in [5.74, 6) is -0.539. The molecule has 3 rings (SSSR count). The van der Waals surface area contributed by atoms with Crippen LogP contribution in [0.15, 0.2) is 39.6 Å². The number of nitrogens with zero attached hydrogens (tertiary/aromatic N) is 1. The van der Waals surface area contributed by atoms with Gasteiger partial charge in [0.2, 0.25) is 11.8 Å². The number of carbonyl (C=O) groups is 3. The van der Waals surface area contributed by atoms with E-state index < -0.39 is 18.1 Å². The summed E-state index contributed by atoms with van der Waals surface area (Å²) >= 11 is 0. The maximum Gasteiger partial charge on any atom is 0.337 e. The van der Waals surface area contributed by atoms with E-state index in [1.807, 2.05) is 0 Å². The Hall–Kier alpha value is -3.30. The molecule has 0 aromatic rings. The average Bonchev–Trinajstić information content (AvgIpc) is 3.25. The first-order valence-corrected chi connectivity index (χ1v) is 10.1. The second-order valence-electron chi connectivity index (χ2n) is 7.30. The largest absolute Gasteiger partial charge is 0.466 e. The van der Waals surface area contributed by atoms with Gasteiger partial charge < -0.3 is 31.3 Å². The van der Waals surface area contributed by atoms with Crippen molar-refractivity contribution in [3.63, 3.8) is 0 Å². The zero-order valence-corrected chi connectivity index (χ0v) is 17.4. The molecular formula is C20H28N6O4. The normalized spacial score (nSPS) is 23.7. The first kappa shape index (κ1) is 21.4. The van der Waals surface area contributed by atoms with Gasteiger partial charge in [0.05, 0.1) is 24.9 Å². The molecule has 0 aliphatic carbocycles. The van der Waals surface area contributed by atoms with E-state index in [2.05, 4.69) is 38.5 Å². The van der Waals surface area contributed by atoms with Crippen molar-refractivity contribution in [2.45, 2.75) is 45.7 Å². The Labute approximate surface area is 175 Å². The van der Waals surface area contributed by atoms with Crippen LogP contribution in [0.4, 0.5) is 0 Å². The summed E-state index contributed by atoms with van der Waals surface area (Å²) in [6.07, 6.45) is 6.40. The van der Waals surface area contributed by atoms with Crippen LogP contribution >= 0.6 is 0 Å². The fourth-order valence-electron chi connectivity index (χ4n) is 3.63. The van der Waals surface area contributed by atoms with Crippen molar-refractivity contribution in [3.8, 4) is 0 Å². The SMILES string of the molecule is CCCCCNC1=C2C(N=CN1)NC(=O)C2C=C1CC(C(=O)OC)=C(NC(C)=O)N1. The van der Waals surface area contributed by atoms with E-state index in [-0.39, 0.29) is 24.1 Å². The zero-order valence-electron chi connectivity index (χ0n) is 17.4. The molecule has 3 aliphatic rings. The van der Waals surface area contributed by atoms with E-state index in [0.29, 0.717) is 11.3 Å². The molecule has 0 aromatic heterocycles. The first-order valence-electron chi connectivity index (χ1n) is 10.1. The molecule has 1 fully saturated rings. The number of ether oxygens (including phenoxy) is 1. The standard InChI is InChI=1S/C20H28N6O4/c1-4-5-6-7-21-17-15-13(19(28)26-18(15)23-10-22-17)8-12-9-14(20(29)30-3)16(25-12)24-11(2)27/h8,10,13,18,21,25H,4-7,9H2,1-3H3,(H,22,23)(H,24,27)(H,26,28).